The average molecular weight is 331 g/mol. The van der Waals surface area contributed by atoms with Crippen molar-refractivity contribution < 1.29 is 14.3 Å². The Kier molecular flexibility index (Phi) is 6.76. The van der Waals surface area contributed by atoms with Gasteiger partial charge in [-0.2, -0.15) is 0 Å². The van der Waals surface area contributed by atoms with Crippen molar-refractivity contribution in [3.63, 3.8) is 0 Å². The van der Waals surface area contributed by atoms with Crippen LogP contribution in [0.1, 0.15) is 44.7 Å². The summed E-state index contributed by atoms with van der Waals surface area (Å²) in [4.78, 5) is 26.6. The van der Waals surface area contributed by atoms with Crippen LogP contribution in [-0.4, -0.2) is 25.5 Å². The number of allylic oxidation sites excluding steroid dienone is 1. The molecule has 4 heteroatoms. The fraction of sp³-hybridized carbons (Fsp3) is 0.500. The predicted octanol–water partition coefficient (Wildman–Crippen LogP) is 4.19. The van der Waals surface area contributed by atoms with E-state index in [0.29, 0.717) is 13.0 Å². The van der Waals surface area contributed by atoms with Gasteiger partial charge in [-0.05, 0) is 38.3 Å². The van der Waals surface area contributed by atoms with Crippen molar-refractivity contribution >= 4 is 17.6 Å². The van der Waals surface area contributed by atoms with Crippen LogP contribution >= 0.6 is 0 Å². The molecule has 24 heavy (non-hydrogen) atoms. The predicted molar refractivity (Wildman–Crippen MR) is 98.1 cm³/mol. The van der Waals surface area contributed by atoms with E-state index < -0.39 is 5.41 Å². The molecule has 1 aliphatic rings. The van der Waals surface area contributed by atoms with Gasteiger partial charge in [0.2, 0.25) is 5.91 Å². The first-order chi connectivity index (χ1) is 11.3. The lowest BCUT2D eigenvalue weighted by Gasteiger charge is -2.27. The smallest absolute Gasteiger partial charge is 0.314 e. The average Bonchev–Trinajstić information content (AvgIpc) is 2.85. The van der Waals surface area contributed by atoms with E-state index in [-0.39, 0.29) is 18.3 Å². The van der Waals surface area contributed by atoms with E-state index in [4.69, 9.17) is 4.74 Å². The molecule has 1 aromatic rings. The van der Waals surface area contributed by atoms with Crippen LogP contribution in [0.4, 0.5) is 5.69 Å². The van der Waals surface area contributed by atoms with Crippen LogP contribution < -0.4 is 4.90 Å². The molecule has 0 spiro atoms. The third-order valence-electron chi connectivity index (χ3n) is 4.22. The normalized spacial score (nSPS) is 19.6. The summed E-state index contributed by atoms with van der Waals surface area (Å²) in [7, 11) is 1.37. The van der Waals surface area contributed by atoms with Gasteiger partial charge < -0.3 is 9.64 Å². The maximum absolute atomic E-state index is 12.6. The first-order valence-electron chi connectivity index (χ1n) is 8.40. The molecule has 0 aromatic heterocycles. The molecule has 0 aliphatic carbocycles. The maximum atomic E-state index is 12.6. The van der Waals surface area contributed by atoms with Crippen LogP contribution in [0.3, 0.4) is 0 Å². The van der Waals surface area contributed by atoms with Crippen LogP contribution in [0.15, 0.2) is 30.4 Å². The minimum absolute atomic E-state index is 0.0379. The Morgan fingerprint density at radius 1 is 1.29 bits per heavy atom. The molecule has 1 atom stereocenters. The number of aryl methyl sites for hydroxylation is 2. The lowest BCUT2D eigenvalue weighted by molar-refractivity contribution is -0.152. The molecule has 1 heterocycles. The standard InChI is InChI=1S/C18H23NO3.C2H6/c1-12(2)9-18(17(21)22-5)10-15(20)19(11-18)16-13(3)7-6-8-14(16)4;1-2/h6-8H,1,9-11H2,2-5H3;1-2H3. The second-order valence-corrected chi connectivity index (χ2v) is 6.30. The van der Waals surface area contributed by atoms with Crippen molar-refractivity contribution in [3.8, 4) is 0 Å². The number of amides is 1. The van der Waals surface area contributed by atoms with Crippen molar-refractivity contribution in [2.24, 2.45) is 5.41 Å². The number of ether oxygens (including phenoxy) is 1. The highest BCUT2D eigenvalue weighted by atomic mass is 16.5. The molecule has 1 aromatic carbocycles. The SMILES string of the molecule is C=C(C)CC1(C(=O)OC)CC(=O)N(c2c(C)cccc2C)C1.CC. The van der Waals surface area contributed by atoms with Crippen molar-refractivity contribution in [3.05, 3.63) is 41.5 Å². The number of anilines is 1. The van der Waals surface area contributed by atoms with E-state index in [1.807, 2.05) is 52.8 Å². The summed E-state index contributed by atoms with van der Waals surface area (Å²) in [5.74, 6) is -0.373. The van der Waals surface area contributed by atoms with Crippen LogP contribution in [-0.2, 0) is 14.3 Å². The van der Waals surface area contributed by atoms with Crippen molar-refractivity contribution in [2.75, 3.05) is 18.6 Å². The van der Waals surface area contributed by atoms with Gasteiger partial charge in [0.1, 0.15) is 0 Å². The highest BCUT2D eigenvalue weighted by Gasteiger charge is 2.50. The molecule has 4 nitrogen and oxygen atoms in total. The number of para-hydroxylation sites is 1. The first-order valence-corrected chi connectivity index (χ1v) is 8.40. The largest absolute Gasteiger partial charge is 0.469 e. The molecule has 1 amide bonds. The third-order valence-corrected chi connectivity index (χ3v) is 4.22. The number of hydrogen-bond donors (Lipinski definition) is 0. The van der Waals surface area contributed by atoms with Gasteiger partial charge in [0.25, 0.3) is 0 Å². The molecular weight excluding hydrogens is 302 g/mol. The van der Waals surface area contributed by atoms with Gasteiger partial charge in [-0.25, -0.2) is 0 Å². The number of rotatable bonds is 4. The Hall–Kier alpha value is -2.10. The van der Waals surface area contributed by atoms with E-state index in [9.17, 15) is 9.59 Å². The van der Waals surface area contributed by atoms with Gasteiger partial charge in [-0.1, -0.05) is 37.6 Å². The summed E-state index contributed by atoms with van der Waals surface area (Å²) >= 11 is 0. The van der Waals surface area contributed by atoms with Gasteiger partial charge >= 0.3 is 5.97 Å². The van der Waals surface area contributed by atoms with Crippen LogP contribution in [0.5, 0.6) is 0 Å². The third kappa shape index (κ3) is 3.86. The summed E-state index contributed by atoms with van der Waals surface area (Å²) in [6.45, 7) is 14.1. The highest BCUT2D eigenvalue weighted by Crippen LogP contribution is 2.41. The molecule has 132 valence electrons. The Balaban J connectivity index is 0.00000139. The van der Waals surface area contributed by atoms with Crippen molar-refractivity contribution in [1.29, 1.82) is 0 Å². The topological polar surface area (TPSA) is 46.6 Å². The zero-order valence-corrected chi connectivity index (χ0v) is 15.7. The van der Waals surface area contributed by atoms with Crippen molar-refractivity contribution in [2.45, 2.75) is 47.5 Å². The molecule has 1 aliphatic heterocycles. The number of methoxy groups -OCH3 is 1. The van der Waals surface area contributed by atoms with E-state index in [1.165, 1.54) is 7.11 Å². The van der Waals surface area contributed by atoms with Gasteiger partial charge in [0, 0.05) is 18.7 Å². The molecule has 1 unspecified atom stereocenters. The molecule has 2 rings (SSSR count). The van der Waals surface area contributed by atoms with Gasteiger partial charge in [0.15, 0.2) is 0 Å². The minimum Gasteiger partial charge on any atom is -0.469 e. The zero-order valence-electron chi connectivity index (χ0n) is 15.7. The van der Waals surface area contributed by atoms with Crippen LogP contribution in [0.25, 0.3) is 0 Å². The Labute approximate surface area is 145 Å². The number of benzene rings is 1. The lowest BCUT2D eigenvalue weighted by atomic mass is 9.81. The molecule has 0 bridgehead atoms. The van der Waals surface area contributed by atoms with Gasteiger partial charge in [-0.3, -0.25) is 9.59 Å². The summed E-state index contributed by atoms with van der Waals surface area (Å²) in [5, 5.41) is 0. The van der Waals surface area contributed by atoms with Gasteiger partial charge in [0.05, 0.1) is 12.5 Å². The molecule has 0 radical (unpaired) electrons. The number of carbonyl (C=O) groups is 2. The molecule has 0 saturated carbocycles. The summed E-state index contributed by atoms with van der Waals surface area (Å²) in [6, 6.07) is 5.93. The number of carbonyl (C=O) groups excluding carboxylic acids is 2. The molecule has 1 saturated heterocycles. The highest BCUT2D eigenvalue weighted by molar-refractivity contribution is 6.02. The Morgan fingerprint density at radius 3 is 2.29 bits per heavy atom. The Morgan fingerprint density at radius 2 is 1.83 bits per heavy atom. The summed E-state index contributed by atoms with van der Waals surface area (Å²) < 4.78 is 4.97. The molecule has 0 N–H and O–H groups in total. The minimum atomic E-state index is -0.827. The van der Waals surface area contributed by atoms with E-state index >= 15 is 0 Å². The van der Waals surface area contributed by atoms with Crippen LogP contribution in [0, 0.1) is 19.3 Å². The van der Waals surface area contributed by atoms with E-state index in [0.717, 1.165) is 22.4 Å². The monoisotopic (exact) mass is 331 g/mol. The zero-order chi connectivity index (χ0) is 18.5. The summed E-state index contributed by atoms with van der Waals surface area (Å²) in [6.07, 6.45) is 0.632. The van der Waals surface area contributed by atoms with Gasteiger partial charge in [-0.15, -0.1) is 6.58 Å². The Bertz CT molecular complexity index is 616. The second kappa shape index (κ2) is 8.13. The fourth-order valence-electron chi connectivity index (χ4n) is 3.39. The molecular formula is C20H29NO3. The number of nitrogens with zero attached hydrogens (tertiary/aromatic N) is 1. The van der Waals surface area contributed by atoms with Crippen molar-refractivity contribution in [1.82, 2.24) is 0 Å². The quantitative estimate of drug-likeness (QED) is 0.614. The number of esters is 1. The lowest BCUT2D eigenvalue weighted by Crippen LogP contribution is -2.36. The fourth-order valence-corrected chi connectivity index (χ4v) is 3.39. The second-order valence-electron chi connectivity index (χ2n) is 6.30. The van der Waals surface area contributed by atoms with Crippen LogP contribution in [0.2, 0.25) is 0 Å². The summed E-state index contributed by atoms with van der Waals surface area (Å²) in [5.41, 5.74) is 3.02. The molecule has 1 fully saturated rings. The first kappa shape index (κ1) is 19.9. The number of hydrogen-bond acceptors (Lipinski definition) is 3. The van der Waals surface area contributed by atoms with E-state index in [1.54, 1.807) is 4.90 Å². The maximum Gasteiger partial charge on any atom is 0.314 e. The van der Waals surface area contributed by atoms with E-state index in [2.05, 4.69) is 6.58 Å².